The molecule has 1 aliphatic heterocycles. The van der Waals surface area contributed by atoms with Crippen LogP contribution in [0.4, 0.5) is 5.69 Å². The van der Waals surface area contributed by atoms with Crippen molar-refractivity contribution in [1.29, 1.82) is 0 Å². The first-order valence-electron chi connectivity index (χ1n) is 10.3. The van der Waals surface area contributed by atoms with E-state index in [1.807, 2.05) is 42.5 Å². The topological polar surface area (TPSA) is 102 Å². The van der Waals surface area contributed by atoms with Gasteiger partial charge < -0.3 is 14.6 Å². The zero-order valence-electron chi connectivity index (χ0n) is 17.7. The standard InChI is InChI=1S/C24H26N2O5S/c1-24(25,27)26(21-10-6-3-7-11-21)32(28,29)16-20(14-18-8-4-2-5-9-18)19-12-13-22-23(15-19)31-17-30-22/h2-13,15,20,27H,14,16-17,25H2,1H3. The zero-order chi connectivity index (χ0) is 22.8. The molecule has 8 heteroatoms. The van der Waals surface area contributed by atoms with E-state index < -0.39 is 21.8 Å². The molecule has 0 spiro atoms. The molecule has 3 aromatic carbocycles. The predicted octanol–water partition coefficient (Wildman–Crippen LogP) is 3.20. The summed E-state index contributed by atoms with van der Waals surface area (Å²) in [4.78, 5) is 0. The van der Waals surface area contributed by atoms with Gasteiger partial charge in [0.25, 0.3) is 0 Å². The highest BCUT2D eigenvalue weighted by Crippen LogP contribution is 2.37. The molecular formula is C24H26N2O5S. The molecule has 0 aromatic heterocycles. The van der Waals surface area contributed by atoms with Gasteiger partial charge in [0.15, 0.2) is 11.5 Å². The average Bonchev–Trinajstić information content (AvgIpc) is 3.21. The van der Waals surface area contributed by atoms with Crippen LogP contribution in [0.5, 0.6) is 11.5 Å². The van der Waals surface area contributed by atoms with E-state index in [-0.39, 0.29) is 12.5 Å². The fourth-order valence-electron chi connectivity index (χ4n) is 3.93. The van der Waals surface area contributed by atoms with Crippen LogP contribution < -0.4 is 19.5 Å². The van der Waals surface area contributed by atoms with Crippen LogP contribution in [0.1, 0.15) is 24.0 Å². The summed E-state index contributed by atoms with van der Waals surface area (Å²) in [7, 11) is -4.03. The lowest BCUT2D eigenvalue weighted by molar-refractivity contribution is 0.0800. The van der Waals surface area contributed by atoms with Crippen molar-refractivity contribution in [3.05, 3.63) is 90.0 Å². The van der Waals surface area contributed by atoms with E-state index in [1.54, 1.807) is 36.4 Å². The van der Waals surface area contributed by atoms with Crippen LogP contribution in [0, 0.1) is 0 Å². The Kier molecular flexibility index (Phi) is 6.10. The van der Waals surface area contributed by atoms with Crippen molar-refractivity contribution in [1.82, 2.24) is 0 Å². The molecule has 4 rings (SSSR count). The zero-order valence-corrected chi connectivity index (χ0v) is 18.5. The van der Waals surface area contributed by atoms with E-state index in [1.165, 1.54) is 6.92 Å². The van der Waals surface area contributed by atoms with Gasteiger partial charge in [-0.3, -0.25) is 5.73 Å². The quantitative estimate of drug-likeness (QED) is 0.507. The van der Waals surface area contributed by atoms with Gasteiger partial charge in [0.1, 0.15) is 0 Å². The van der Waals surface area contributed by atoms with Crippen LogP contribution in [-0.2, 0) is 16.4 Å². The minimum absolute atomic E-state index is 0.137. The molecule has 3 aromatic rings. The van der Waals surface area contributed by atoms with Crippen molar-refractivity contribution < 1.29 is 23.0 Å². The number of nitrogens with zero attached hydrogens (tertiary/aromatic N) is 1. The number of benzene rings is 3. The highest BCUT2D eigenvalue weighted by molar-refractivity contribution is 7.92. The van der Waals surface area contributed by atoms with Gasteiger partial charge >= 0.3 is 0 Å². The first-order valence-corrected chi connectivity index (χ1v) is 11.9. The van der Waals surface area contributed by atoms with Crippen molar-refractivity contribution in [2.45, 2.75) is 25.1 Å². The molecule has 0 saturated heterocycles. The number of hydrogen-bond donors (Lipinski definition) is 2. The molecule has 32 heavy (non-hydrogen) atoms. The van der Waals surface area contributed by atoms with E-state index in [2.05, 4.69) is 0 Å². The van der Waals surface area contributed by atoms with Crippen LogP contribution >= 0.6 is 0 Å². The molecule has 1 heterocycles. The van der Waals surface area contributed by atoms with Gasteiger partial charge in [0.05, 0.1) is 11.4 Å². The van der Waals surface area contributed by atoms with Crippen LogP contribution in [0.3, 0.4) is 0 Å². The molecule has 168 valence electrons. The second-order valence-electron chi connectivity index (χ2n) is 7.97. The smallest absolute Gasteiger partial charge is 0.239 e. The fraction of sp³-hybridized carbons (Fsp3) is 0.250. The Morgan fingerprint density at radius 3 is 2.28 bits per heavy atom. The van der Waals surface area contributed by atoms with Crippen molar-refractivity contribution in [2.24, 2.45) is 5.73 Å². The summed E-state index contributed by atoms with van der Waals surface area (Å²) in [5.41, 5.74) is 7.99. The molecular weight excluding hydrogens is 428 g/mol. The van der Waals surface area contributed by atoms with Gasteiger partial charge in [-0.25, -0.2) is 12.7 Å². The lowest BCUT2D eigenvalue weighted by atomic mass is 9.93. The molecule has 0 bridgehead atoms. The number of para-hydroxylation sites is 1. The predicted molar refractivity (Wildman–Crippen MR) is 123 cm³/mol. The Bertz CT molecular complexity index is 1160. The minimum Gasteiger partial charge on any atom is -0.454 e. The van der Waals surface area contributed by atoms with Gasteiger partial charge in [-0.2, -0.15) is 0 Å². The Morgan fingerprint density at radius 2 is 1.62 bits per heavy atom. The summed E-state index contributed by atoms with van der Waals surface area (Å²) in [6.07, 6.45) is 0.481. The number of sulfonamides is 1. The van der Waals surface area contributed by atoms with Gasteiger partial charge in [-0.05, 0) is 48.7 Å². The Labute approximate surface area is 188 Å². The molecule has 0 aliphatic carbocycles. The molecule has 0 fully saturated rings. The van der Waals surface area contributed by atoms with Crippen LogP contribution in [-0.4, -0.2) is 31.9 Å². The largest absolute Gasteiger partial charge is 0.454 e. The summed E-state index contributed by atoms with van der Waals surface area (Å²) in [5, 5.41) is 10.6. The highest BCUT2D eigenvalue weighted by atomic mass is 32.2. The minimum atomic E-state index is -4.03. The number of hydrogen-bond acceptors (Lipinski definition) is 6. The number of rotatable bonds is 8. The highest BCUT2D eigenvalue weighted by Gasteiger charge is 2.37. The van der Waals surface area contributed by atoms with Crippen LogP contribution in [0.2, 0.25) is 0 Å². The molecule has 0 radical (unpaired) electrons. The average molecular weight is 455 g/mol. The summed E-state index contributed by atoms with van der Waals surface area (Å²) < 4.78 is 39.0. The molecule has 1 aliphatic rings. The maximum Gasteiger partial charge on any atom is 0.239 e. The summed E-state index contributed by atoms with van der Waals surface area (Å²) in [6, 6.07) is 23.5. The Hall–Kier alpha value is -3.07. The van der Waals surface area contributed by atoms with E-state index in [4.69, 9.17) is 15.2 Å². The number of nitrogens with two attached hydrogens (primary N) is 1. The van der Waals surface area contributed by atoms with E-state index in [0.717, 1.165) is 15.4 Å². The van der Waals surface area contributed by atoms with Crippen molar-refractivity contribution in [2.75, 3.05) is 16.9 Å². The SMILES string of the molecule is CC(N)(O)N(c1ccccc1)S(=O)(=O)CC(Cc1ccccc1)c1ccc2c(c1)OCO2. The number of aliphatic hydroxyl groups is 1. The van der Waals surface area contributed by atoms with E-state index in [9.17, 15) is 13.5 Å². The van der Waals surface area contributed by atoms with Gasteiger partial charge in [-0.1, -0.05) is 54.6 Å². The summed E-state index contributed by atoms with van der Waals surface area (Å²) in [6.45, 7) is 1.39. The number of anilines is 1. The number of ether oxygens (including phenoxy) is 2. The van der Waals surface area contributed by atoms with Crippen molar-refractivity contribution in [3.8, 4) is 11.5 Å². The third kappa shape index (κ3) is 4.88. The van der Waals surface area contributed by atoms with Crippen LogP contribution in [0.15, 0.2) is 78.9 Å². The second kappa shape index (κ2) is 8.82. The van der Waals surface area contributed by atoms with E-state index >= 15 is 0 Å². The fourth-order valence-corrected chi connectivity index (χ4v) is 5.91. The molecule has 2 atom stereocenters. The monoisotopic (exact) mass is 454 g/mol. The summed E-state index contributed by atoms with van der Waals surface area (Å²) >= 11 is 0. The third-order valence-corrected chi connectivity index (χ3v) is 7.25. The molecule has 0 amide bonds. The van der Waals surface area contributed by atoms with Crippen molar-refractivity contribution >= 4 is 15.7 Å². The molecule has 2 unspecified atom stereocenters. The second-order valence-corrected chi connectivity index (χ2v) is 9.83. The molecule has 3 N–H and O–H groups in total. The van der Waals surface area contributed by atoms with Crippen LogP contribution in [0.25, 0.3) is 0 Å². The first kappa shape index (κ1) is 22.1. The van der Waals surface area contributed by atoms with E-state index in [0.29, 0.717) is 23.6 Å². The first-order chi connectivity index (χ1) is 15.2. The summed E-state index contributed by atoms with van der Waals surface area (Å²) in [5.74, 6) is -1.56. The van der Waals surface area contributed by atoms with Gasteiger partial charge in [-0.15, -0.1) is 0 Å². The van der Waals surface area contributed by atoms with Gasteiger partial charge in [0.2, 0.25) is 22.7 Å². The normalized spacial score (nSPS) is 15.7. The Balaban J connectivity index is 1.72. The maximum absolute atomic E-state index is 13.6. The Morgan fingerprint density at radius 1 is 1.00 bits per heavy atom. The molecule has 7 nitrogen and oxygen atoms in total. The lowest BCUT2D eigenvalue weighted by Gasteiger charge is -2.35. The number of fused-ring (bicyclic) bond motifs is 1. The molecule has 0 saturated carbocycles. The maximum atomic E-state index is 13.6. The third-order valence-electron chi connectivity index (χ3n) is 5.28. The lowest BCUT2D eigenvalue weighted by Crippen LogP contribution is -2.57. The van der Waals surface area contributed by atoms with Gasteiger partial charge in [0, 0.05) is 5.92 Å². The van der Waals surface area contributed by atoms with Crippen molar-refractivity contribution in [3.63, 3.8) is 0 Å².